The molecule has 6 rings (SSSR count). The van der Waals surface area contributed by atoms with Crippen molar-refractivity contribution in [1.82, 2.24) is 5.32 Å². The summed E-state index contributed by atoms with van der Waals surface area (Å²) in [4.78, 5) is 0. The highest BCUT2D eigenvalue weighted by Gasteiger charge is 2.59. The molecule has 0 heterocycles. The van der Waals surface area contributed by atoms with Crippen LogP contribution >= 0.6 is 0 Å². The van der Waals surface area contributed by atoms with E-state index in [9.17, 15) is 4.39 Å². The van der Waals surface area contributed by atoms with Gasteiger partial charge in [-0.25, -0.2) is 4.39 Å². The third-order valence-corrected chi connectivity index (χ3v) is 7.59. The van der Waals surface area contributed by atoms with E-state index in [2.05, 4.69) is 31.3 Å². The van der Waals surface area contributed by atoms with Gasteiger partial charge < -0.3 is 10.1 Å². The lowest BCUT2D eigenvalue weighted by Crippen LogP contribution is -2.63. The van der Waals surface area contributed by atoms with Crippen LogP contribution in [0.15, 0.2) is 48.5 Å². The van der Waals surface area contributed by atoms with Gasteiger partial charge in [-0.2, -0.15) is 0 Å². The molecule has 2 aromatic rings. The molecule has 0 spiro atoms. The fourth-order valence-electron chi connectivity index (χ4n) is 7.49. The van der Waals surface area contributed by atoms with E-state index in [0.717, 1.165) is 23.8 Å². The smallest absolute Gasteiger partial charge is 0.129 e. The van der Waals surface area contributed by atoms with Crippen LogP contribution in [0.2, 0.25) is 0 Å². The molecule has 0 amide bonds. The summed E-state index contributed by atoms with van der Waals surface area (Å²) in [6.07, 6.45) is 8.12. The molecule has 2 nitrogen and oxygen atoms in total. The Morgan fingerprint density at radius 2 is 1.55 bits per heavy atom. The van der Waals surface area contributed by atoms with E-state index in [4.69, 9.17) is 4.74 Å². The van der Waals surface area contributed by atoms with Crippen molar-refractivity contribution in [3.8, 4) is 5.75 Å². The highest BCUT2D eigenvalue weighted by atomic mass is 19.1. The summed E-state index contributed by atoms with van der Waals surface area (Å²) in [5.74, 6) is 1.52. The Balaban J connectivity index is 1.30. The second-order valence-corrected chi connectivity index (χ2v) is 10.8. The molecule has 4 fully saturated rings. The Morgan fingerprint density at radius 3 is 2.24 bits per heavy atom. The van der Waals surface area contributed by atoms with Gasteiger partial charge in [0.15, 0.2) is 0 Å². The summed E-state index contributed by atoms with van der Waals surface area (Å²) in [6, 6.07) is 15.0. The van der Waals surface area contributed by atoms with Crippen LogP contribution in [-0.4, -0.2) is 5.54 Å². The van der Waals surface area contributed by atoms with Crippen molar-refractivity contribution in [2.24, 2.45) is 16.7 Å². The van der Waals surface area contributed by atoms with Gasteiger partial charge in [0, 0.05) is 23.2 Å². The Bertz CT molecular complexity index is 891. The van der Waals surface area contributed by atoms with Crippen LogP contribution in [0.4, 0.5) is 4.39 Å². The molecule has 4 atom stereocenters. The average molecular weight is 394 g/mol. The standard InChI is InChI=1S/C26H32FNO/c1-24-11-19-12-25(2,16-24)18-26(13-19,17-24)28-14-20-7-4-6-10-23(20)29-15-21-8-3-5-9-22(21)27/h3-10,19,28H,11-18H2,1-2H3/t19?,24-,25+,26?. The lowest BCUT2D eigenvalue weighted by molar-refractivity contribution is -0.118. The predicted octanol–water partition coefficient (Wildman–Crippen LogP) is 6.24. The predicted molar refractivity (Wildman–Crippen MR) is 114 cm³/mol. The Morgan fingerprint density at radius 1 is 0.897 bits per heavy atom. The zero-order valence-corrected chi connectivity index (χ0v) is 17.6. The SMILES string of the molecule is C[C@]12CC3CC(NCc4ccccc4OCc4ccccc4F)(C1)C[C@@](C)(C3)C2. The van der Waals surface area contributed by atoms with Gasteiger partial charge in [0.1, 0.15) is 18.2 Å². The maximum atomic E-state index is 13.9. The highest BCUT2D eigenvalue weighted by molar-refractivity contribution is 5.34. The molecule has 154 valence electrons. The summed E-state index contributed by atoms with van der Waals surface area (Å²) < 4.78 is 20.0. The Kier molecular flexibility index (Phi) is 4.51. The number of halogens is 1. The van der Waals surface area contributed by atoms with Crippen LogP contribution in [0.5, 0.6) is 5.75 Å². The molecule has 3 heteroatoms. The van der Waals surface area contributed by atoms with Crippen molar-refractivity contribution >= 4 is 0 Å². The molecule has 4 bridgehead atoms. The zero-order valence-electron chi connectivity index (χ0n) is 17.6. The minimum Gasteiger partial charge on any atom is -0.488 e. The van der Waals surface area contributed by atoms with Gasteiger partial charge in [0.25, 0.3) is 0 Å². The number of ether oxygens (including phenoxy) is 1. The molecule has 4 saturated carbocycles. The lowest BCUT2D eigenvalue weighted by atomic mass is 9.43. The Labute approximate surface area is 173 Å². The first-order chi connectivity index (χ1) is 13.9. The van der Waals surface area contributed by atoms with Gasteiger partial charge in [-0.1, -0.05) is 50.2 Å². The molecule has 2 unspecified atom stereocenters. The van der Waals surface area contributed by atoms with Crippen LogP contribution in [-0.2, 0) is 13.2 Å². The second kappa shape index (κ2) is 6.84. The van der Waals surface area contributed by atoms with Crippen molar-refractivity contribution in [3.63, 3.8) is 0 Å². The van der Waals surface area contributed by atoms with Gasteiger partial charge in [0.2, 0.25) is 0 Å². The molecule has 0 radical (unpaired) electrons. The summed E-state index contributed by atoms with van der Waals surface area (Å²) in [5, 5.41) is 3.99. The first-order valence-electron chi connectivity index (χ1n) is 11.1. The molecule has 0 saturated heterocycles. The van der Waals surface area contributed by atoms with Crippen LogP contribution in [0.1, 0.15) is 63.5 Å². The molecule has 2 aromatic carbocycles. The van der Waals surface area contributed by atoms with E-state index in [1.54, 1.807) is 12.1 Å². The maximum Gasteiger partial charge on any atom is 0.129 e. The maximum absolute atomic E-state index is 13.9. The van der Waals surface area contributed by atoms with Crippen molar-refractivity contribution in [2.45, 2.75) is 71.1 Å². The molecular weight excluding hydrogens is 361 g/mol. The first-order valence-corrected chi connectivity index (χ1v) is 11.1. The van der Waals surface area contributed by atoms with Gasteiger partial charge in [0.05, 0.1) is 0 Å². The fourth-order valence-corrected chi connectivity index (χ4v) is 7.49. The second-order valence-electron chi connectivity index (χ2n) is 10.8. The van der Waals surface area contributed by atoms with Crippen LogP contribution in [0.25, 0.3) is 0 Å². The quantitative estimate of drug-likeness (QED) is 0.627. The number of rotatable bonds is 6. The molecule has 4 aliphatic carbocycles. The van der Waals surface area contributed by atoms with Crippen LogP contribution in [0, 0.1) is 22.6 Å². The van der Waals surface area contributed by atoms with Crippen molar-refractivity contribution in [3.05, 3.63) is 65.5 Å². The van der Waals surface area contributed by atoms with E-state index >= 15 is 0 Å². The third-order valence-electron chi connectivity index (χ3n) is 7.59. The minimum atomic E-state index is -0.210. The van der Waals surface area contributed by atoms with E-state index in [0.29, 0.717) is 16.4 Å². The number of hydrogen-bond acceptors (Lipinski definition) is 2. The molecular formula is C26H32FNO. The number of hydrogen-bond donors (Lipinski definition) is 1. The largest absolute Gasteiger partial charge is 0.488 e. The summed E-state index contributed by atoms with van der Waals surface area (Å²) in [5.41, 5.74) is 3.03. The van der Waals surface area contributed by atoms with Gasteiger partial charge in [-0.05, 0) is 67.4 Å². The van der Waals surface area contributed by atoms with Gasteiger partial charge >= 0.3 is 0 Å². The van der Waals surface area contributed by atoms with E-state index in [-0.39, 0.29) is 18.0 Å². The topological polar surface area (TPSA) is 21.3 Å². The fraction of sp³-hybridized carbons (Fsp3) is 0.538. The van der Waals surface area contributed by atoms with E-state index in [1.165, 1.54) is 44.6 Å². The van der Waals surface area contributed by atoms with Crippen molar-refractivity contribution in [2.75, 3.05) is 0 Å². The number of nitrogens with one attached hydrogen (secondary N) is 1. The highest BCUT2D eigenvalue weighted by Crippen LogP contribution is 2.66. The van der Waals surface area contributed by atoms with Gasteiger partial charge in [-0.3, -0.25) is 0 Å². The molecule has 0 aromatic heterocycles. The van der Waals surface area contributed by atoms with E-state index < -0.39 is 0 Å². The van der Waals surface area contributed by atoms with Crippen LogP contribution in [0.3, 0.4) is 0 Å². The van der Waals surface area contributed by atoms with Crippen molar-refractivity contribution < 1.29 is 9.13 Å². The molecule has 0 aliphatic heterocycles. The molecule has 29 heavy (non-hydrogen) atoms. The summed E-state index contributed by atoms with van der Waals surface area (Å²) in [6.45, 7) is 6.09. The zero-order chi connectivity index (χ0) is 20.1. The van der Waals surface area contributed by atoms with Crippen molar-refractivity contribution in [1.29, 1.82) is 0 Å². The first kappa shape index (κ1) is 19.1. The average Bonchev–Trinajstić information content (AvgIpc) is 2.63. The molecule has 1 N–H and O–H groups in total. The minimum absolute atomic E-state index is 0.210. The lowest BCUT2D eigenvalue weighted by Gasteiger charge is -2.65. The van der Waals surface area contributed by atoms with Crippen LogP contribution < -0.4 is 10.1 Å². The number of benzene rings is 2. The normalized spacial score (nSPS) is 35.1. The molecule has 4 aliphatic rings. The Hall–Kier alpha value is -1.87. The van der Waals surface area contributed by atoms with Gasteiger partial charge in [-0.15, -0.1) is 0 Å². The monoisotopic (exact) mass is 393 g/mol. The number of para-hydroxylation sites is 1. The summed E-state index contributed by atoms with van der Waals surface area (Å²) >= 11 is 0. The summed E-state index contributed by atoms with van der Waals surface area (Å²) in [7, 11) is 0. The third kappa shape index (κ3) is 3.70. The van der Waals surface area contributed by atoms with E-state index in [1.807, 2.05) is 18.2 Å².